The molecule has 1 aromatic carbocycles. The van der Waals surface area contributed by atoms with Gasteiger partial charge in [-0.1, -0.05) is 24.9 Å². The molecule has 21 heavy (non-hydrogen) atoms. The average molecular weight is 332 g/mol. The summed E-state index contributed by atoms with van der Waals surface area (Å²) < 4.78 is 26.7. The van der Waals surface area contributed by atoms with Crippen LogP contribution in [0.3, 0.4) is 0 Å². The van der Waals surface area contributed by atoms with Crippen LogP contribution in [-0.4, -0.2) is 36.9 Å². The van der Waals surface area contributed by atoms with Gasteiger partial charge in [-0.3, -0.25) is 0 Å². The van der Waals surface area contributed by atoms with Gasteiger partial charge in [-0.2, -0.15) is 4.31 Å². The minimum absolute atomic E-state index is 0.0502. The van der Waals surface area contributed by atoms with Crippen LogP contribution < -0.4 is 0 Å². The van der Waals surface area contributed by atoms with E-state index >= 15 is 0 Å². The van der Waals surface area contributed by atoms with Crippen molar-refractivity contribution in [2.75, 3.05) is 13.1 Å². The molecular formula is C14H18ClNO4S. The third kappa shape index (κ3) is 3.39. The quantitative estimate of drug-likeness (QED) is 0.920. The molecule has 5 nitrogen and oxygen atoms in total. The Hall–Kier alpha value is -1.11. The highest BCUT2D eigenvalue weighted by atomic mass is 35.5. The lowest BCUT2D eigenvalue weighted by Crippen LogP contribution is -2.39. The molecular weight excluding hydrogens is 314 g/mol. The number of hydrogen-bond acceptors (Lipinski definition) is 3. The van der Waals surface area contributed by atoms with Gasteiger partial charge in [-0.25, -0.2) is 13.2 Å². The van der Waals surface area contributed by atoms with Crippen LogP contribution >= 0.6 is 11.6 Å². The molecule has 1 N–H and O–H groups in total. The van der Waals surface area contributed by atoms with E-state index in [-0.39, 0.29) is 15.5 Å². The molecule has 1 fully saturated rings. The predicted octanol–water partition coefficient (Wildman–Crippen LogP) is 2.85. The summed E-state index contributed by atoms with van der Waals surface area (Å²) in [6, 6.07) is 3.76. The molecule has 1 heterocycles. The second-order valence-electron chi connectivity index (χ2n) is 5.23. The van der Waals surface area contributed by atoms with Crippen LogP contribution in [0.15, 0.2) is 23.1 Å². The fourth-order valence-corrected chi connectivity index (χ4v) is 4.46. The van der Waals surface area contributed by atoms with E-state index in [9.17, 15) is 13.2 Å². The summed E-state index contributed by atoms with van der Waals surface area (Å²) >= 11 is 5.86. The van der Waals surface area contributed by atoms with Crippen molar-refractivity contribution < 1.29 is 18.3 Å². The Balaban J connectivity index is 2.31. The minimum Gasteiger partial charge on any atom is -0.478 e. The monoisotopic (exact) mass is 331 g/mol. The van der Waals surface area contributed by atoms with E-state index < -0.39 is 16.0 Å². The normalized spacial score (nSPS) is 20.4. The third-order valence-corrected chi connectivity index (χ3v) is 6.04. The summed E-state index contributed by atoms with van der Waals surface area (Å²) in [5, 5.41) is 8.87. The van der Waals surface area contributed by atoms with E-state index in [1.54, 1.807) is 0 Å². The Morgan fingerprint density at radius 1 is 1.48 bits per heavy atom. The first-order valence-corrected chi connectivity index (χ1v) is 8.71. The summed E-state index contributed by atoms with van der Waals surface area (Å²) in [6.45, 7) is 3.06. The van der Waals surface area contributed by atoms with Crippen molar-refractivity contribution in [1.29, 1.82) is 0 Å². The number of hydrogen-bond donors (Lipinski definition) is 1. The van der Waals surface area contributed by atoms with Gasteiger partial charge < -0.3 is 5.11 Å². The van der Waals surface area contributed by atoms with Gasteiger partial charge in [0.05, 0.1) is 15.5 Å². The van der Waals surface area contributed by atoms with Gasteiger partial charge in [0.15, 0.2) is 0 Å². The Morgan fingerprint density at radius 3 is 2.76 bits per heavy atom. The summed E-state index contributed by atoms with van der Waals surface area (Å²) in [4.78, 5) is 11.0. The number of nitrogens with zero attached hydrogens (tertiary/aromatic N) is 1. The van der Waals surface area contributed by atoms with Crippen molar-refractivity contribution >= 4 is 27.6 Å². The van der Waals surface area contributed by atoms with Crippen LogP contribution in [0, 0.1) is 5.92 Å². The first kappa shape index (κ1) is 16.3. The van der Waals surface area contributed by atoms with E-state index in [1.807, 2.05) is 0 Å². The molecule has 1 unspecified atom stereocenters. The minimum atomic E-state index is -3.61. The molecule has 0 radical (unpaired) electrons. The lowest BCUT2D eigenvalue weighted by Gasteiger charge is -2.31. The fourth-order valence-electron chi connectivity index (χ4n) is 2.56. The number of piperidine rings is 1. The summed E-state index contributed by atoms with van der Waals surface area (Å²) in [5.41, 5.74) is -0.0966. The largest absolute Gasteiger partial charge is 0.478 e. The molecule has 116 valence electrons. The molecule has 0 bridgehead atoms. The summed E-state index contributed by atoms with van der Waals surface area (Å²) in [6.07, 6.45) is 2.84. The van der Waals surface area contributed by atoms with Gasteiger partial charge >= 0.3 is 5.97 Å². The second kappa shape index (κ2) is 6.34. The maximum atomic E-state index is 12.6. The van der Waals surface area contributed by atoms with E-state index in [2.05, 4.69) is 6.92 Å². The van der Waals surface area contributed by atoms with Crippen molar-refractivity contribution in [1.82, 2.24) is 4.31 Å². The average Bonchev–Trinajstić information content (AvgIpc) is 2.46. The van der Waals surface area contributed by atoms with E-state index in [1.165, 1.54) is 22.5 Å². The molecule has 0 saturated carbocycles. The molecule has 1 atom stereocenters. The van der Waals surface area contributed by atoms with Gasteiger partial charge in [-0.15, -0.1) is 0 Å². The molecule has 7 heteroatoms. The van der Waals surface area contributed by atoms with Crippen LogP contribution in [0.4, 0.5) is 0 Å². The molecule has 0 aromatic heterocycles. The number of rotatable bonds is 4. The van der Waals surface area contributed by atoms with Crippen molar-refractivity contribution in [3.8, 4) is 0 Å². The zero-order chi connectivity index (χ0) is 15.6. The number of sulfonamides is 1. The number of carboxylic acid groups (broad SMARTS) is 1. The Morgan fingerprint density at radius 2 is 2.19 bits per heavy atom. The summed E-state index contributed by atoms with van der Waals surface area (Å²) in [7, 11) is -3.61. The highest BCUT2D eigenvalue weighted by molar-refractivity contribution is 7.89. The Bertz CT molecular complexity index is 644. The lowest BCUT2D eigenvalue weighted by molar-refractivity contribution is 0.0697. The van der Waals surface area contributed by atoms with Crippen LogP contribution in [0.2, 0.25) is 5.02 Å². The predicted molar refractivity (Wildman–Crippen MR) is 80.2 cm³/mol. The molecule has 0 spiro atoms. The fraction of sp³-hybridized carbons (Fsp3) is 0.500. The molecule has 0 aliphatic carbocycles. The van der Waals surface area contributed by atoms with Crippen molar-refractivity contribution in [2.45, 2.75) is 31.1 Å². The van der Waals surface area contributed by atoms with Crippen molar-refractivity contribution in [3.63, 3.8) is 0 Å². The lowest BCUT2D eigenvalue weighted by atomic mass is 9.97. The van der Waals surface area contributed by atoms with Crippen molar-refractivity contribution in [3.05, 3.63) is 28.8 Å². The van der Waals surface area contributed by atoms with Gasteiger partial charge in [-0.05, 0) is 37.0 Å². The molecule has 1 saturated heterocycles. The number of benzene rings is 1. The maximum absolute atomic E-state index is 12.6. The molecule has 2 rings (SSSR count). The third-order valence-electron chi connectivity index (χ3n) is 3.87. The molecule has 1 aromatic rings. The smallest absolute Gasteiger partial charge is 0.337 e. The zero-order valence-corrected chi connectivity index (χ0v) is 13.3. The van der Waals surface area contributed by atoms with Gasteiger partial charge in [0.25, 0.3) is 0 Å². The van der Waals surface area contributed by atoms with Crippen LogP contribution in [0.25, 0.3) is 0 Å². The standard InChI is InChI=1S/C14H18ClNO4S/c1-2-10-4-3-7-16(9-10)21(19,20)11-5-6-12(14(17)18)13(15)8-11/h5-6,8,10H,2-4,7,9H2,1H3,(H,17,18). The van der Waals surface area contributed by atoms with E-state index in [0.29, 0.717) is 19.0 Å². The Kier molecular flexibility index (Phi) is 4.91. The number of aromatic carboxylic acids is 1. The Labute approximate surface area is 129 Å². The number of carboxylic acids is 1. The zero-order valence-electron chi connectivity index (χ0n) is 11.8. The topological polar surface area (TPSA) is 74.7 Å². The van der Waals surface area contributed by atoms with Gasteiger partial charge in [0.2, 0.25) is 10.0 Å². The highest BCUT2D eigenvalue weighted by Gasteiger charge is 2.30. The van der Waals surface area contributed by atoms with Gasteiger partial charge in [0.1, 0.15) is 0 Å². The summed E-state index contributed by atoms with van der Waals surface area (Å²) in [5.74, 6) is -0.796. The molecule has 0 amide bonds. The molecule has 1 aliphatic heterocycles. The SMILES string of the molecule is CCC1CCCN(S(=O)(=O)c2ccc(C(=O)O)c(Cl)c2)C1. The number of halogens is 1. The first-order chi connectivity index (χ1) is 9.86. The number of carbonyl (C=O) groups is 1. The second-order valence-corrected chi connectivity index (χ2v) is 7.57. The van der Waals surface area contributed by atoms with Crippen LogP contribution in [0.5, 0.6) is 0 Å². The van der Waals surface area contributed by atoms with Crippen LogP contribution in [0.1, 0.15) is 36.5 Å². The van der Waals surface area contributed by atoms with E-state index in [4.69, 9.17) is 16.7 Å². The molecule has 1 aliphatic rings. The first-order valence-electron chi connectivity index (χ1n) is 6.89. The van der Waals surface area contributed by atoms with Gasteiger partial charge in [0, 0.05) is 13.1 Å². The maximum Gasteiger partial charge on any atom is 0.337 e. The van der Waals surface area contributed by atoms with E-state index in [0.717, 1.165) is 19.3 Å². The highest BCUT2D eigenvalue weighted by Crippen LogP contribution is 2.27. The van der Waals surface area contributed by atoms with Crippen molar-refractivity contribution in [2.24, 2.45) is 5.92 Å². The van der Waals surface area contributed by atoms with Crippen LogP contribution in [-0.2, 0) is 10.0 Å².